The highest BCUT2D eigenvalue weighted by atomic mass is 16.3. The lowest BCUT2D eigenvalue weighted by molar-refractivity contribution is 0.102. The average molecular weight is 282 g/mol. The molecule has 0 unspecified atom stereocenters. The maximum atomic E-state index is 12.3. The minimum atomic E-state index is -0.204. The summed E-state index contributed by atoms with van der Waals surface area (Å²) in [5, 5.41) is 16.1. The Morgan fingerprint density at radius 1 is 1.24 bits per heavy atom. The third-order valence-corrected chi connectivity index (χ3v) is 3.77. The molecule has 0 spiro atoms. The number of hydrogen-bond acceptors (Lipinski definition) is 3. The zero-order valence-corrected chi connectivity index (χ0v) is 12.2. The first-order chi connectivity index (χ1) is 10.0. The van der Waals surface area contributed by atoms with Gasteiger partial charge in [-0.25, -0.2) is 0 Å². The zero-order chi connectivity index (χ0) is 15.0. The second kappa shape index (κ2) is 5.13. The second-order valence-electron chi connectivity index (χ2n) is 5.48. The number of benzene rings is 2. The van der Waals surface area contributed by atoms with Crippen molar-refractivity contribution in [2.75, 3.05) is 17.2 Å². The molecule has 4 nitrogen and oxygen atoms in total. The summed E-state index contributed by atoms with van der Waals surface area (Å²) in [4.78, 5) is 12.3. The Kier molecular flexibility index (Phi) is 3.29. The quantitative estimate of drug-likeness (QED) is 0.741. The van der Waals surface area contributed by atoms with Crippen molar-refractivity contribution < 1.29 is 9.90 Å². The lowest BCUT2D eigenvalue weighted by Gasteiger charge is -2.11. The van der Waals surface area contributed by atoms with Crippen LogP contribution in [0, 0.1) is 13.8 Å². The van der Waals surface area contributed by atoms with Crippen LogP contribution in [0.5, 0.6) is 5.75 Å². The molecule has 21 heavy (non-hydrogen) atoms. The molecule has 1 aliphatic rings. The van der Waals surface area contributed by atoms with Crippen molar-refractivity contribution in [2.45, 2.75) is 20.3 Å². The fourth-order valence-electron chi connectivity index (χ4n) is 2.70. The van der Waals surface area contributed by atoms with Crippen LogP contribution in [0.2, 0.25) is 0 Å². The van der Waals surface area contributed by atoms with Crippen molar-refractivity contribution in [3.05, 3.63) is 52.6 Å². The lowest BCUT2D eigenvalue weighted by Crippen LogP contribution is -2.12. The van der Waals surface area contributed by atoms with E-state index in [1.807, 2.05) is 32.0 Å². The highest BCUT2D eigenvalue weighted by molar-refractivity contribution is 6.05. The minimum Gasteiger partial charge on any atom is -0.505 e. The van der Waals surface area contributed by atoms with Gasteiger partial charge in [0, 0.05) is 17.8 Å². The summed E-state index contributed by atoms with van der Waals surface area (Å²) in [5.41, 5.74) is 5.07. The van der Waals surface area contributed by atoms with Crippen LogP contribution in [-0.4, -0.2) is 17.6 Å². The van der Waals surface area contributed by atoms with Gasteiger partial charge in [-0.3, -0.25) is 4.79 Å². The third-order valence-electron chi connectivity index (χ3n) is 3.77. The summed E-state index contributed by atoms with van der Waals surface area (Å²) >= 11 is 0. The van der Waals surface area contributed by atoms with Gasteiger partial charge in [0.15, 0.2) is 0 Å². The van der Waals surface area contributed by atoms with Gasteiger partial charge in [0.25, 0.3) is 5.91 Å². The van der Waals surface area contributed by atoms with Gasteiger partial charge < -0.3 is 15.7 Å². The van der Waals surface area contributed by atoms with E-state index in [-0.39, 0.29) is 11.7 Å². The third kappa shape index (κ3) is 2.57. The minimum absolute atomic E-state index is 0.122. The number of amides is 1. The molecule has 1 amide bonds. The number of fused-ring (bicyclic) bond motifs is 1. The van der Waals surface area contributed by atoms with Crippen molar-refractivity contribution in [3.63, 3.8) is 0 Å². The Morgan fingerprint density at radius 3 is 2.86 bits per heavy atom. The van der Waals surface area contributed by atoms with E-state index in [0.717, 1.165) is 35.3 Å². The molecule has 3 rings (SSSR count). The highest BCUT2D eigenvalue weighted by Crippen LogP contribution is 2.29. The fourth-order valence-corrected chi connectivity index (χ4v) is 2.70. The molecule has 0 saturated heterocycles. The molecule has 2 aromatic rings. The number of phenols is 1. The summed E-state index contributed by atoms with van der Waals surface area (Å²) in [5.74, 6) is -0.0817. The first kappa shape index (κ1) is 13.5. The summed E-state index contributed by atoms with van der Waals surface area (Å²) in [6, 6.07) is 9.29. The lowest BCUT2D eigenvalue weighted by atomic mass is 10.1. The summed E-state index contributed by atoms with van der Waals surface area (Å²) in [6.45, 7) is 4.67. The SMILES string of the molecule is Cc1cc(C)c(O)c(NC(=O)c2ccc3c(c2)CCN3)c1. The molecule has 4 heteroatoms. The topological polar surface area (TPSA) is 61.4 Å². The molecule has 1 aliphatic heterocycles. The van der Waals surface area contributed by atoms with Crippen LogP contribution in [0.25, 0.3) is 0 Å². The Labute approximate surface area is 123 Å². The highest BCUT2D eigenvalue weighted by Gasteiger charge is 2.15. The number of carbonyl (C=O) groups is 1. The smallest absolute Gasteiger partial charge is 0.255 e. The van der Waals surface area contributed by atoms with Crippen LogP contribution in [0.3, 0.4) is 0 Å². The Balaban J connectivity index is 1.87. The van der Waals surface area contributed by atoms with Crippen molar-refractivity contribution in [1.29, 1.82) is 0 Å². The number of aryl methyl sites for hydroxylation is 2. The van der Waals surface area contributed by atoms with Gasteiger partial charge in [0.05, 0.1) is 5.69 Å². The molecule has 0 bridgehead atoms. The average Bonchev–Trinajstić information content (AvgIpc) is 2.91. The van der Waals surface area contributed by atoms with Crippen LogP contribution in [0.4, 0.5) is 11.4 Å². The predicted molar refractivity (Wildman–Crippen MR) is 84.2 cm³/mol. The number of rotatable bonds is 2. The van der Waals surface area contributed by atoms with E-state index in [2.05, 4.69) is 10.6 Å². The molecule has 1 heterocycles. The van der Waals surface area contributed by atoms with E-state index >= 15 is 0 Å². The van der Waals surface area contributed by atoms with E-state index in [4.69, 9.17) is 0 Å². The molecular formula is C17H18N2O2. The summed E-state index contributed by atoms with van der Waals surface area (Å²) < 4.78 is 0. The van der Waals surface area contributed by atoms with Gasteiger partial charge in [0.1, 0.15) is 5.75 Å². The standard InChI is InChI=1S/C17H18N2O2/c1-10-7-11(2)16(20)15(8-10)19-17(21)13-3-4-14-12(9-13)5-6-18-14/h3-4,7-9,18,20H,5-6H2,1-2H3,(H,19,21). The van der Waals surface area contributed by atoms with Crippen molar-refractivity contribution in [1.82, 2.24) is 0 Å². The zero-order valence-electron chi connectivity index (χ0n) is 12.2. The van der Waals surface area contributed by atoms with Crippen molar-refractivity contribution >= 4 is 17.3 Å². The van der Waals surface area contributed by atoms with Gasteiger partial charge in [-0.05, 0) is 61.2 Å². The van der Waals surface area contributed by atoms with Gasteiger partial charge in [-0.1, -0.05) is 6.07 Å². The number of phenolic OH excluding ortho intramolecular Hbond substituents is 1. The number of nitrogens with one attached hydrogen (secondary N) is 2. The maximum Gasteiger partial charge on any atom is 0.255 e. The van der Waals surface area contributed by atoms with Crippen LogP contribution < -0.4 is 10.6 Å². The molecule has 0 radical (unpaired) electrons. The molecule has 0 fully saturated rings. The molecular weight excluding hydrogens is 264 g/mol. The van der Waals surface area contributed by atoms with E-state index in [1.165, 1.54) is 0 Å². The number of anilines is 2. The summed E-state index contributed by atoms with van der Waals surface area (Å²) in [7, 11) is 0. The Morgan fingerprint density at radius 2 is 2.05 bits per heavy atom. The number of hydrogen-bond donors (Lipinski definition) is 3. The normalized spacial score (nSPS) is 12.7. The van der Waals surface area contributed by atoms with Crippen LogP contribution >= 0.6 is 0 Å². The first-order valence-electron chi connectivity index (χ1n) is 7.03. The van der Waals surface area contributed by atoms with E-state index in [0.29, 0.717) is 11.3 Å². The number of carbonyl (C=O) groups excluding carboxylic acids is 1. The van der Waals surface area contributed by atoms with E-state index in [9.17, 15) is 9.90 Å². The van der Waals surface area contributed by atoms with Crippen LogP contribution in [-0.2, 0) is 6.42 Å². The van der Waals surface area contributed by atoms with E-state index < -0.39 is 0 Å². The van der Waals surface area contributed by atoms with Gasteiger partial charge in [-0.15, -0.1) is 0 Å². The number of aromatic hydroxyl groups is 1. The van der Waals surface area contributed by atoms with Crippen LogP contribution in [0.1, 0.15) is 27.0 Å². The largest absolute Gasteiger partial charge is 0.505 e. The Hall–Kier alpha value is -2.49. The molecule has 0 aliphatic carbocycles. The summed E-state index contributed by atoms with van der Waals surface area (Å²) in [6.07, 6.45) is 0.936. The van der Waals surface area contributed by atoms with Crippen molar-refractivity contribution in [2.24, 2.45) is 0 Å². The fraction of sp³-hybridized carbons (Fsp3) is 0.235. The first-order valence-corrected chi connectivity index (χ1v) is 7.03. The monoisotopic (exact) mass is 282 g/mol. The van der Waals surface area contributed by atoms with Crippen molar-refractivity contribution in [3.8, 4) is 5.75 Å². The predicted octanol–water partition coefficient (Wildman–Crippen LogP) is 3.23. The molecule has 0 atom stereocenters. The molecule has 0 saturated carbocycles. The van der Waals surface area contributed by atoms with Gasteiger partial charge in [-0.2, -0.15) is 0 Å². The second-order valence-corrected chi connectivity index (χ2v) is 5.48. The molecule has 3 N–H and O–H groups in total. The Bertz CT molecular complexity index is 723. The van der Waals surface area contributed by atoms with Crippen LogP contribution in [0.15, 0.2) is 30.3 Å². The molecule has 108 valence electrons. The molecule has 0 aromatic heterocycles. The van der Waals surface area contributed by atoms with Gasteiger partial charge >= 0.3 is 0 Å². The maximum absolute atomic E-state index is 12.3. The van der Waals surface area contributed by atoms with E-state index in [1.54, 1.807) is 12.1 Å². The molecule has 2 aromatic carbocycles. The van der Waals surface area contributed by atoms with Gasteiger partial charge in [0.2, 0.25) is 0 Å².